The molecule has 34 heavy (non-hydrogen) atoms. The van der Waals surface area contributed by atoms with Gasteiger partial charge in [-0.3, -0.25) is 4.79 Å². The van der Waals surface area contributed by atoms with Crippen LogP contribution in [0.15, 0.2) is 30.6 Å². The lowest BCUT2D eigenvalue weighted by Crippen LogP contribution is -2.51. The molecule has 2 aromatic rings. The number of aromatic nitrogens is 2. The number of fused-ring (bicyclic) bond motifs is 1. The van der Waals surface area contributed by atoms with Crippen LogP contribution in [0.25, 0.3) is 0 Å². The van der Waals surface area contributed by atoms with Crippen LogP contribution in [0.2, 0.25) is 0 Å². The van der Waals surface area contributed by atoms with Crippen LogP contribution in [-0.4, -0.2) is 66.7 Å². The minimum Gasteiger partial charge on any atom is -0.497 e. The lowest BCUT2D eigenvalue weighted by molar-refractivity contribution is -0.133. The standard InChI is InChI=1S/C25H35N5O2.2ClH/c1-17(2)26-15-21(19-6-8-20(32-4)9-7-19)25(31)30-13-11-29(12-14-30)24-23-18(3)5-10-22(23)27-16-28-24;;/h6-9,16-18,21,26H,5,10-15H2,1-4H3;2*1H. The Morgan fingerprint density at radius 1 is 1.12 bits per heavy atom. The second-order valence-corrected chi connectivity index (χ2v) is 9.20. The minimum absolute atomic E-state index is 0. The van der Waals surface area contributed by atoms with E-state index in [9.17, 15) is 4.79 Å². The van der Waals surface area contributed by atoms with E-state index in [-0.39, 0.29) is 36.6 Å². The van der Waals surface area contributed by atoms with Crippen LogP contribution in [0, 0.1) is 0 Å². The maximum absolute atomic E-state index is 13.6. The quantitative estimate of drug-likeness (QED) is 0.611. The monoisotopic (exact) mass is 509 g/mol. The van der Waals surface area contributed by atoms with Crippen LogP contribution in [0.5, 0.6) is 5.75 Å². The van der Waals surface area contributed by atoms with E-state index >= 15 is 0 Å². The van der Waals surface area contributed by atoms with Gasteiger partial charge in [0.2, 0.25) is 5.91 Å². The molecule has 9 heteroatoms. The lowest BCUT2D eigenvalue weighted by atomic mass is 9.96. The van der Waals surface area contributed by atoms with Crippen LogP contribution >= 0.6 is 24.8 Å². The average molecular weight is 511 g/mol. The molecule has 1 N–H and O–H groups in total. The van der Waals surface area contributed by atoms with Gasteiger partial charge in [-0.1, -0.05) is 32.9 Å². The highest BCUT2D eigenvalue weighted by atomic mass is 35.5. The van der Waals surface area contributed by atoms with Gasteiger partial charge >= 0.3 is 0 Å². The molecule has 4 rings (SSSR count). The SMILES string of the molecule is COc1ccc(C(CNC(C)C)C(=O)N2CCN(c3ncnc4c3C(C)CC4)CC2)cc1.Cl.Cl. The average Bonchev–Trinajstić information content (AvgIpc) is 3.20. The Kier molecular flexibility index (Phi) is 10.4. The molecule has 1 saturated heterocycles. The first-order valence-corrected chi connectivity index (χ1v) is 11.7. The molecule has 1 aromatic carbocycles. The Morgan fingerprint density at radius 2 is 1.79 bits per heavy atom. The third-order valence-corrected chi connectivity index (χ3v) is 6.69. The van der Waals surface area contributed by atoms with E-state index in [1.807, 2.05) is 29.2 Å². The minimum atomic E-state index is -0.210. The highest BCUT2D eigenvalue weighted by Gasteiger charge is 2.32. The highest BCUT2D eigenvalue weighted by Crippen LogP contribution is 2.37. The molecule has 7 nitrogen and oxygen atoms in total. The summed E-state index contributed by atoms with van der Waals surface area (Å²) >= 11 is 0. The second kappa shape index (κ2) is 12.6. The summed E-state index contributed by atoms with van der Waals surface area (Å²) in [5.41, 5.74) is 3.53. The van der Waals surface area contributed by atoms with Gasteiger partial charge in [-0.05, 0) is 36.5 Å². The van der Waals surface area contributed by atoms with Crippen molar-refractivity contribution in [2.75, 3.05) is 44.7 Å². The Labute approximate surface area is 215 Å². The number of piperazine rings is 1. The lowest BCUT2D eigenvalue weighted by Gasteiger charge is -2.38. The van der Waals surface area contributed by atoms with Gasteiger partial charge in [0, 0.05) is 50.0 Å². The van der Waals surface area contributed by atoms with E-state index in [2.05, 4.69) is 41.0 Å². The van der Waals surface area contributed by atoms with Gasteiger partial charge in [-0.15, -0.1) is 24.8 Å². The summed E-state index contributed by atoms with van der Waals surface area (Å²) in [7, 11) is 1.66. The number of carbonyl (C=O) groups excluding carboxylic acids is 1. The third-order valence-electron chi connectivity index (χ3n) is 6.69. The summed E-state index contributed by atoms with van der Waals surface area (Å²) in [6.45, 7) is 10.1. The number of rotatable bonds is 7. The number of nitrogens with zero attached hydrogens (tertiary/aromatic N) is 4. The van der Waals surface area contributed by atoms with Crippen LogP contribution < -0.4 is 15.0 Å². The molecule has 0 radical (unpaired) electrons. The van der Waals surface area contributed by atoms with Gasteiger partial charge in [0.25, 0.3) is 0 Å². The van der Waals surface area contributed by atoms with Crippen molar-refractivity contribution in [3.05, 3.63) is 47.4 Å². The summed E-state index contributed by atoms with van der Waals surface area (Å²) in [6, 6.07) is 8.19. The van der Waals surface area contributed by atoms with E-state index in [1.54, 1.807) is 13.4 Å². The molecule has 188 valence electrons. The van der Waals surface area contributed by atoms with Crippen molar-refractivity contribution in [2.45, 2.75) is 51.5 Å². The molecular weight excluding hydrogens is 473 g/mol. The van der Waals surface area contributed by atoms with E-state index in [0.29, 0.717) is 31.6 Å². The Balaban J connectivity index is 0.00000204. The van der Waals surface area contributed by atoms with Gasteiger partial charge in [0.1, 0.15) is 17.9 Å². The molecule has 1 aliphatic carbocycles. The summed E-state index contributed by atoms with van der Waals surface area (Å²) in [5.74, 6) is 2.35. The van der Waals surface area contributed by atoms with E-state index in [1.165, 1.54) is 11.3 Å². The fourth-order valence-corrected chi connectivity index (χ4v) is 4.77. The zero-order chi connectivity index (χ0) is 22.7. The van der Waals surface area contributed by atoms with Gasteiger partial charge in [0.15, 0.2) is 0 Å². The van der Waals surface area contributed by atoms with Gasteiger partial charge in [-0.25, -0.2) is 9.97 Å². The molecule has 1 amide bonds. The Bertz CT molecular complexity index is 933. The fourth-order valence-electron chi connectivity index (χ4n) is 4.77. The number of anilines is 1. The number of methoxy groups -OCH3 is 1. The van der Waals surface area contributed by atoms with Crippen LogP contribution in [0.3, 0.4) is 0 Å². The number of carbonyl (C=O) groups is 1. The number of hydrogen-bond donors (Lipinski definition) is 1. The van der Waals surface area contributed by atoms with E-state index in [0.717, 1.165) is 43.1 Å². The van der Waals surface area contributed by atoms with E-state index < -0.39 is 0 Å². The molecular formula is C25H37Cl2N5O2. The summed E-state index contributed by atoms with van der Waals surface area (Å²) in [5, 5.41) is 3.45. The topological polar surface area (TPSA) is 70.6 Å². The maximum atomic E-state index is 13.6. The van der Waals surface area contributed by atoms with Gasteiger partial charge in [0.05, 0.1) is 13.0 Å². The fraction of sp³-hybridized carbons (Fsp3) is 0.560. The molecule has 2 unspecified atom stereocenters. The molecule has 0 saturated carbocycles. The number of amides is 1. The van der Waals surface area contributed by atoms with Crippen molar-refractivity contribution in [2.24, 2.45) is 0 Å². The number of nitrogens with one attached hydrogen (secondary N) is 1. The second-order valence-electron chi connectivity index (χ2n) is 9.20. The summed E-state index contributed by atoms with van der Waals surface area (Å²) in [4.78, 5) is 27.0. The first-order chi connectivity index (χ1) is 15.5. The number of halogens is 2. The van der Waals surface area contributed by atoms with Crippen molar-refractivity contribution in [3.8, 4) is 5.75 Å². The van der Waals surface area contributed by atoms with Crippen molar-refractivity contribution < 1.29 is 9.53 Å². The Hall–Kier alpha value is -2.09. The summed E-state index contributed by atoms with van der Waals surface area (Å²) in [6.07, 6.45) is 3.88. The summed E-state index contributed by atoms with van der Waals surface area (Å²) < 4.78 is 5.29. The van der Waals surface area contributed by atoms with Crippen molar-refractivity contribution in [1.82, 2.24) is 20.2 Å². The van der Waals surface area contributed by atoms with Crippen molar-refractivity contribution in [3.63, 3.8) is 0 Å². The van der Waals surface area contributed by atoms with E-state index in [4.69, 9.17) is 4.74 Å². The Morgan fingerprint density at radius 3 is 2.41 bits per heavy atom. The van der Waals surface area contributed by atoms with Crippen LogP contribution in [0.1, 0.15) is 55.8 Å². The zero-order valence-electron chi connectivity index (χ0n) is 20.5. The molecule has 0 spiro atoms. The predicted molar refractivity (Wildman–Crippen MR) is 141 cm³/mol. The zero-order valence-corrected chi connectivity index (χ0v) is 22.1. The smallest absolute Gasteiger partial charge is 0.231 e. The first-order valence-electron chi connectivity index (χ1n) is 11.7. The van der Waals surface area contributed by atoms with Crippen molar-refractivity contribution in [1.29, 1.82) is 0 Å². The van der Waals surface area contributed by atoms with Crippen molar-refractivity contribution >= 4 is 36.5 Å². The largest absolute Gasteiger partial charge is 0.497 e. The number of ether oxygens (including phenoxy) is 1. The normalized spacial score (nSPS) is 18.1. The van der Waals surface area contributed by atoms with Gasteiger partial charge < -0.3 is 19.9 Å². The number of benzene rings is 1. The molecule has 0 bridgehead atoms. The first kappa shape index (κ1) is 28.1. The van der Waals surface area contributed by atoms with Crippen LogP contribution in [-0.2, 0) is 11.2 Å². The highest BCUT2D eigenvalue weighted by molar-refractivity contribution is 5.86. The molecule has 2 atom stereocenters. The third kappa shape index (κ3) is 6.12. The molecule has 2 aliphatic rings. The van der Waals surface area contributed by atoms with Crippen LogP contribution in [0.4, 0.5) is 5.82 Å². The molecule has 2 heterocycles. The number of hydrogen-bond acceptors (Lipinski definition) is 6. The molecule has 1 aliphatic heterocycles. The molecule has 1 fully saturated rings. The number of aryl methyl sites for hydroxylation is 1. The molecule has 1 aromatic heterocycles. The van der Waals surface area contributed by atoms with Gasteiger partial charge in [-0.2, -0.15) is 0 Å². The predicted octanol–water partition coefficient (Wildman–Crippen LogP) is 3.81. The maximum Gasteiger partial charge on any atom is 0.231 e.